The monoisotopic (exact) mass is 174 g/mol. The first kappa shape index (κ1) is 10.7. The van der Waals surface area contributed by atoms with E-state index in [-0.39, 0.29) is 5.24 Å². The number of carbonyl (C=O) groups excluding carboxylic acids is 1. The van der Waals surface area contributed by atoms with Crippen molar-refractivity contribution >= 4 is 16.8 Å². The van der Waals surface area contributed by atoms with E-state index in [0.29, 0.717) is 5.57 Å². The third-order valence-electron chi connectivity index (χ3n) is 1.57. The van der Waals surface area contributed by atoms with E-state index in [9.17, 15) is 4.79 Å². The Bertz CT molecular complexity index is 150. The van der Waals surface area contributed by atoms with Gasteiger partial charge in [-0.05, 0) is 31.4 Å². The smallest absolute Gasteiger partial charge is 0.247 e. The maximum absolute atomic E-state index is 10.5. The zero-order chi connectivity index (χ0) is 8.69. The molecule has 11 heavy (non-hydrogen) atoms. The van der Waals surface area contributed by atoms with Gasteiger partial charge >= 0.3 is 0 Å². The van der Waals surface area contributed by atoms with Gasteiger partial charge < -0.3 is 0 Å². The summed E-state index contributed by atoms with van der Waals surface area (Å²) in [5.74, 6) is 0. The molecule has 0 saturated carbocycles. The molecule has 0 aliphatic heterocycles. The number of rotatable bonds is 5. The summed E-state index contributed by atoms with van der Waals surface area (Å²) in [6, 6.07) is 0. The zero-order valence-corrected chi connectivity index (χ0v) is 7.95. The lowest BCUT2D eigenvalue weighted by molar-refractivity contribution is -0.108. The van der Waals surface area contributed by atoms with Crippen molar-refractivity contribution in [3.8, 4) is 0 Å². The first-order chi connectivity index (χ1) is 5.18. The van der Waals surface area contributed by atoms with Crippen LogP contribution in [0.4, 0.5) is 0 Å². The zero-order valence-electron chi connectivity index (χ0n) is 7.19. The number of halogens is 1. The van der Waals surface area contributed by atoms with Crippen molar-refractivity contribution in [1.82, 2.24) is 0 Å². The van der Waals surface area contributed by atoms with Crippen LogP contribution in [-0.4, -0.2) is 5.24 Å². The fourth-order valence-electron chi connectivity index (χ4n) is 0.793. The highest BCUT2D eigenvalue weighted by atomic mass is 35.5. The maximum Gasteiger partial charge on any atom is 0.247 e. The van der Waals surface area contributed by atoms with E-state index in [1.54, 1.807) is 6.92 Å². The van der Waals surface area contributed by atoms with Crippen LogP contribution in [0.5, 0.6) is 0 Å². The molecule has 1 nitrogen and oxygen atoms in total. The van der Waals surface area contributed by atoms with Gasteiger partial charge in [-0.3, -0.25) is 4.79 Å². The highest BCUT2D eigenvalue weighted by Gasteiger charge is 1.96. The van der Waals surface area contributed by atoms with Crippen LogP contribution in [0.2, 0.25) is 0 Å². The van der Waals surface area contributed by atoms with E-state index < -0.39 is 0 Å². The molecule has 0 bridgehead atoms. The van der Waals surface area contributed by atoms with Gasteiger partial charge in [0.25, 0.3) is 0 Å². The summed E-state index contributed by atoms with van der Waals surface area (Å²) >= 11 is 5.23. The molecule has 0 aromatic rings. The predicted molar refractivity (Wildman–Crippen MR) is 48.8 cm³/mol. The van der Waals surface area contributed by atoms with Gasteiger partial charge in [0, 0.05) is 5.57 Å². The van der Waals surface area contributed by atoms with Gasteiger partial charge in [0.15, 0.2) is 0 Å². The minimum atomic E-state index is -0.332. The first-order valence-corrected chi connectivity index (χ1v) is 4.43. The summed E-state index contributed by atoms with van der Waals surface area (Å²) in [6.07, 6.45) is 6.46. The van der Waals surface area contributed by atoms with E-state index in [1.165, 1.54) is 12.8 Å². The first-order valence-electron chi connectivity index (χ1n) is 4.05. The summed E-state index contributed by atoms with van der Waals surface area (Å²) in [5.41, 5.74) is 0.669. The second-order valence-corrected chi connectivity index (χ2v) is 3.00. The van der Waals surface area contributed by atoms with Crippen molar-refractivity contribution in [3.05, 3.63) is 11.6 Å². The summed E-state index contributed by atoms with van der Waals surface area (Å²) in [6.45, 7) is 3.91. The van der Waals surface area contributed by atoms with E-state index in [4.69, 9.17) is 11.6 Å². The number of carbonyl (C=O) groups is 1. The van der Waals surface area contributed by atoms with Crippen LogP contribution in [-0.2, 0) is 4.79 Å². The van der Waals surface area contributed by atoms with Crippen molar-refractivity contribution in [2.45, 2.75) is 39.5 Å². The second kappa shape index (κ2) is 6.41. The molecular formula is C9H15ClO. The SMILES string of the molecule is CCCCC/C=C(/C)C(=O)Cl. The molecule has 64 valence electrons. The molecule has 0 unspecified atom stereocenters. The lowest BCUT2D eigenvalue weighted by Gasteiger charge is -1.93. The van der Waals surface area contributed by atoms with Crippen LogP contribution in [0.3, 0.4) is 0 Å². The van der Waals surface area contributed by atoms with Crippen LogP contribution in [0.25, 0.3) is 0 Å². The minimum Gasteiger partial charge on any atom is -0.276 e. The molecule has 0 atom stereocenters. The predicted octanol–water partition coefficient (Wildman–Crippen LogP) is 3.28. The Morgan fingerprint density at radius 3 is 2.55 bits per heavy atom. The van der Waals surface area contributed by atoms with Crippen molar-refractivity contribution in [3.63, 3.8) is 0 Å². The van der Waals surface area contributed by atoms with E-state index in [0.717, 1.165) is 12.8 Å². The lowest BCUT2D eigenvalue weighted by Crippen LogP contribution is -1.86. The van der Waals surface area contributed by atoms with Crippen LogP contribution >= 0.6 is 11.6 Å². The van der Waals surface area contributed by atoms with E-state index in [1.807, 2.05) is 6.08 Å². The fourth-order valence-corrected chi connectivity index (χ4v) is 0.870. The highest BCUT2D eigenvalue weighted by molar-refractivity contribution is 6.67. The molecular weight excluding hydrogens is 160 g/mol. The lowest BCUT2D eigenvalue weighted by atomic mass is 10.1. The van der Waals surface area contributed by atoms with Crippen LogP contribution in [0, 0.1) is 0 Å². The third-order valence-corrected chi connectivity index (χ3v) is 1.87. The average Bonchev–Trinajstić information content (AvgIpc) is 1.97. The fraction of sp³-hybridized carbons (Fsp3) is 0.667. The third kappa shape index (κ3) is 6.11. The molecule has 0 spiro atoms. The molecule has 0 rings (SSSR count). The minimum absolute atomic E-state index is 0.332. The maximum atomic E-state index is 10.5. The van der Waals surface area contributed by atoms with Crippen LogP contribution in [0.1, 0.15) is 39.5 Å². The van der Waals surface area contributed by atoms with Gasteiger partial charge in [-0.15, -0.1) is 0 Å². The van der Waals surface area contributed by atoms with Gasteiger partial charge in [-0.1, -0.05) is 25.8 Å². The van der Waals surface area contributed by atoms with Crippen molar-refractivity contribution in [2.24, 2.45) is 0 Å². The number of hydrogen-bond donors (Lipinski definition) is 0. The molecule has 0 fully saturated rings. The number of hydrogen-bond acceptors (Lipinski definition) is 1. The van der Waals surface area contributed by atoms with Gasteiger partial charge in [0.1, 0.15) is 0 Å². The van der Waals surface area contributed by atoms with Crippen LogP contribution in [0.15, 0.2) is 11.6 Å². The molecule has 0 radical (unpaired) electrons. The standard InChI is InChI=1S/C9H15ClO/c1-3-4-5-6-7-8(2)9(10)11/h7H,3-6H2,1-2H3/b8-7-. The summed E-state index contributed by atoms with van der Waals surface area (Å²) < 4.78 is 0. The number of allylic oxidation sites excluding steroid dienone is 2. The Kier molecular flexibility index (Phi) is 6.24. The Balaban J connectivity index is 3.48. The Morgan fingerprint density at radius 1 is 1.45 bits per heavy atom. The average molecular weight is 175 g/mol. The van der Waals surface area contributed by atoms with Crippen LogP contribution < -0.4 is 0 Å². The molecule has 0 aromatic carbocycles. The van der Waals surface area contributed by atoms with Crippen molar-refractivity contribution < 1.29 is 4.79 Å². The van der Waals surface area contributed by atoms with Gasteiger partial charge in [0.2, 0.25) is 5.24 Å². The molecule has 0 aliphatic carbocycles. The Hall–Kier alpha value is -0.300. The second-order valence-electron chi connectivity index (χ2n) is 2.66. The molecule has 0 N–H and O–H groups in total. The van der Waals surface area contributed by atoms with Gasteiger partial charge in [-0.2, -0.15) is 0 Å². The molecule has 0 heterocycles. The van der Waals surface area contributed by atoms with Gasteiger partial charge in [0.05, 0.1) is 0 Å². The quantitative estimate of drug-likeness (QED) is 0.355. The van der Waals surface area contributed by atoms with E-state index >= 15 is 0 Å². The van der Waals surface area contributed by atoms with Crippen molar-refractivity contribution in [1.29, 1.82) is 0 Å². The van der Waals surface area contributed by atoms with Gasteiger partial charge in [-0.25, -0.2) is 0 Å². The van der Waals surface area contributed by atoms with E-state index in [2.05, 4.69) is 6.92 Å². The highest BCUT2D eigenvalue weighted by Crippen LogP contribution is 2.05. The Morgan fingerprint density at radius 2 is 2.09 bits per heavy atom. The summed E-state index contributed by atoms with van der Waals surface area (Å²) in [5, 5.41) is -0.332. The normalized spacial score (nSPS) is 11.7. The largest absolute Gasteiger partial charge is 0.276 e. The summed E-state index contributed by atoms with van der Waals surface area (Å²) in [7, 11) is 0. The molecule has 0 aliphatic rings. The molecule has 0 amide bonds. The Labute approximate surface area is 73.4 Å². The molecule has 0 saturated heterocycles. The summed E-state index contributed by atoms with van der Waals surface area (Å²) in [4.78, 5) is 10.5. The topological polar surface area (TPSA) is 17.1 Å². The van der Waals surface area contributed by atoms with Crippen molar-refractivity contribution in [2.75, 3.05) is 0 Å². The molecule has 0 aromatic heterocycles. The number of unbranched alkanes of at least 4 members (excludes halogenated alkanes) is 3. The molecule has 2 heteroatoms.